The van der Waals surface area contributed by atoms with Crippen LogP contribution < -0.4 is 15.4 Å². The molecule has 1 aliphatic carbocycles. The third-order valence-corrected chi connectivity index (χ3v) is 13.5. The van der Waals surface area contributed by atoms with E-state index in [1.54, 1.807) is 12.3 Å². The predicted octanol–water partition coefficient (Wildman–Crippen LogP) is 5.49. The van der Waals surface area contributed by atoms with Crippen LogP contribution in [0, 0.1) is 17.2 Å². The van der Waals surface area contributed by atoms with Crippen molar-refractivity contribution >= 4 is 34.0 Å². The number of nitriles is 1. The number of nitrogen functional groups attached to an aromatic ring is 1. The third-order valence-electron chi connectivity index (χ3n) is 12.4. The highest BCUT2D eigenvalue weighted by Crippen LogP contribution is 2.48. The number of rotatable bonds is 14. The van der Waals surface area contributed by atoms with Crippen LogP contribution in [0.4, 0.5) is 10.8 Å². The molecule has 8 rings (SSSR count). The maximum Gasteiger partial charge on any atom is 0.329 e. The summed E-state index contributed by atoms with van der Waals surface area (Å²) in [6.45, 7) is 11.9. The Labute approximate surface area is 370 Å². The van der Waals surface area contributed by atoms with E-state index < -0.39 is 29.4 Å². The van der Waals surface area contributed by atoms with Crippen LogP contribution in [-0.2, 0) is 32.8 Å². The van der Waals surface area contributed by atoms with Gasteiger partial charge in [-0.2, -0.15) is 10.2 Å². The molecule has 3 N–H and O–H groups in total. The number of thiophene rings is 1. The van der Waals surface area contributed by atoms with Crippen LogP contribution in [0.2, 0.25) is 0 Å². The first kappa shape index (κ1) is 43.7. The van der Waals surface area contributed by atoms with Gasteiger partial charge in [-0.15, -0.1) is 11.3 Å². The minimum absolute atomic E-state index is 0.0263. The largest absolute Gasteiger partial charge is 0.475 e. The van der Waals surface area contributed by atoms with Crippen molar-refractivity contribution in [3.63, 3.8) is 0 Å². The molecule has 0 saturated carbocycles. The Balaban J connectivity index is 0.839. The molecule has 18 heteroatoms. The average molecular weight is 879 g/mol. The lowest BCUT2D eigenvalue weighted by molar-refractivity contribution is -0.155. The maximum atomic E-state index is 14.0. The highest BCUT2D eigenvalue weighted by atomic mass is 32.1. The second-order valence-corrected chi connectivity index (χ2v) is 18.4. The number of likely N-dealkylation sites (tertiary alicyclic amines) is 1. The first-order valence-corrected chi connectivity index (χ1v) is 22.5. The standard InChI is InChI=1S/C45H54N10O7S/c1-27(2)37(42(57)55-25-30(56)21-32(55)43(58)60-26-29-11-6-5-7-12-29)33-22-36(51-61-33)59-20-10-18-53-17-9-19-54(28(3)24-53)35-14-16-48-40(49-35)41-50-44(62-52-41)45(4)15-8-13-34-38(45)31(23-46)39(47)63-34/h5-7,11-12,14,16,22,27-28,30,32,37,56H,8-10,13,15,17-21,24-26,47H2,1-4H3/t28-,30+,32-,37?,45-/m0/s1. The van der Waals surface area contributed by atoms with Gasteiger partial charge in [-0.1, -0.05) is 49.3 Å². The number of benzene rings is 1. The number of nitrogens with zero attached hydrogens (tertiary/aromatic N) is 9. The summed E-state index contributed by atoms with van der Waals surface area (Å²) in [5.41, 5.74) is 7.82. The summed E-state index contributed by atoms with van der Waals surface area (Å²) in [4.78, 5) is 48.5. The molecule has 2 aliphatic heterocycles. The Morgan fingerprint density at radius 2 is 1.92 bits per heavy atom. The zero-order valence-electron chi connectivity index (χ0n) is 36.1. The van der Waals surface area contributed by atoms with E-state index in [2.05, 4.69) is 38.1 Å². The monoisotopic (exact) mass is 878 g/mol. The van der Waals surface area contributed by atoms with Gasteiger partial charge in [0.2, 0.25) is 23.4 Å². The number of aliphatic hydroxyl groups excluding tert-OH is 1. The van der Waals surface area contributed by atoms with E-state index in [-0.39, 0.29) is 43.3 Å². The highest BCUT2D eigenvalue weighted by Gasteiger charge is 2.45. The topological polar surface area (TPSA) is 223 Å². The number of anilines is 2. The molecule has 1 unspecified atom stereocenters. The van der Waals surface area contributed by atoms with Crippen LogP contribution in [0.25, 0.3) is 11.6 Å². The molecule has 1 amide bonds. The van der Waals surface area contributed by atoms with Crippen molar-refractivity contribution in [3.05, 3.63) is 81.9 Å². The Hall–Kier alpha value is -5.90. The van der Waals surface area contributed by atoms with Gasteiger partial charge in [0.25, 0.3) is 5.88 Å². The van der Waals surface area contributed by atoms with Gasteiger partial charge in [0.15, 0.2) is 5.76 Å². The molecule has 6 heterocycles. The number of carbonyl (C=O) groups excluding carboxylic acids is 2. The first-order valence-electron chi connectivity index (χ1n) is 21.7. The minimum Gasteiger partial charge on any atom is -0.475 e. The quantitative estimate of drug-likeness (QED) is 0.104. The van der Waals surface area contributed by atoms with E-state index in [4.69, 9.17) is 34.2 Å². The second-order valence-electron chi connectivity index (χ2n) is 17.3. The predicted molar refractivity (Wildman–Crippen MR) is 233 cm³/mol. The van der Waals surface area contributed by atoms with Crippen LogP contribution in [0.5, 0.6) is 5.88 Å². The molecular formula is C45H54N10O7S. The minimum atomic E-state index is -0.901. The molecule has 63 heavy (non-hydrogen) atoms. The van der Waals surface area contributed by atoms with Gasteiger partial charge in [0.05, 0.1) is 23.7 Å². The van der Waals surface area contributed by atoms with Gasteiger partial charge in [0.1, 0.15) is 35.5 Å². The van der Waals surface area contributed by atoms with Crippen molar-refractivity contribution in [2.24, 2.45) is 5.92 Å². The van der Waals surface area contributed by atoms with E-state index in [9.17, 15) is 20.0 Å². The zero-order valence-corrected chi connectivity index (χ0v) is 36.9. The number of amides is 1. The van der Waals surface area contributed by atoms with Gasteiger partial charge in [-0.25, -0.2) is 14.8 Å². The van der Waals surface area contributed by atoms with Crippen molar-refractivity contribution in [3.8, 4) is 23.6 Å². The zero-order chi connectivity index (χ0) is 44.3. The van der Waals surface area contributed by atoms with Gasteiger partial charge in [-0.05, 0) is 75.2 Å². The number of aromatic nitrogens is 5. The number of hydrogen-bond donors (Lipinski definition) is 2. The summed E-state index contributed by atoms with van der Waals surface area (Å²) >= 11 is 1.47. The average Bonchev–Trinajstić information content (AvgIpc) is 4.08. The number of β-amino-alcohol motifs (C(OH)–C–C–N with tert-alkyl or cyclic N) is 1. The van der Waals surface area contributed by atoms with Crippen LogP contribution in [0.3, 0.4) is 0 Å². The molecule has 4 aromatic heterocycles. The molecule has 0 radical (unpaired) electrons. The van der Waals surface area contributed by atoms with Gasteiger partial charge < -0.3 is 44.1 Å². The number of fused-ring (bicyclic) bond motifs is 1. The fourth-order valence-corrected chi connectivity index (χ4v) is 10.4. The summed E-state index contributed by atoms with van der Waals surface area (Å²) in [6, 6.07) is 14.4. The van der Waals surface area contributed by atoms with Crippen LogP contribution in [-0.4, -0.2) is 110 Å². The van der Waals surface area contributed by atoms with E-state index in [0.29, 0.717) is 40.5 Å². The number of aliphatic hydroxyl groups is 1. The SMILES string of the molecule is CC(C)C(C(=O)N1C[C@H](O)C[C@H]1C(=O)OCc1ccccc1)c1cc(OCCCN2CCCN(c3ccnc(-c4noc([C@@]5(C)CCCc6sc(N)c(C#N)c65)n4)n3)[C@@H](C)C2)no1. The molecule has 332 valence electrons. The number of aryl methyl sites for hydroxylation is 1. The lowest BCUT2D eigenvalue weighted by atomic mass is 9.72. The molecule has 1 aromatic carbocycles. The molecule has 17 nitrogen and oxygen atoms in total. The second kappa shape index (κ2) is 18.8. The molecule has 2 saturated heterocycles. The third kappa shape index (κ3) is 9.27. The van der Waals surface area contributed by atoms with Crippen molar-refractivity contribution in [2.75, 3.05) is 50.0 Å². The lowest BCUT2D eigenvalue weighted by Gasteiger charge is -2.30. The normalized spacial score (nSPS) is 22.1. The van der Waals surface area contributed by atoms with Crippen LogP contribution in [0.1, 0.15) is 98.9 Å². The first-order chi connectivity index (χ1) is 30.4. The van der Waals surface area contributed by atoms with E-state index in [1.807, 2.05) is 57.2 Å². The summed E-state index contributed by atoms with van der Waals surface area (Å²) in [7, 11) is 0. The summed E-state index contributed by atoms with van der Waals surface area (Å²) in [6.07, 6.45) is 5.21. The Morgan fingerprint density at radius 3 is 2.71 bits per heavy atom. The van der Waals surface area contributed by atoms with Crippen molar-refractivity contribution < 1.29 is 33.2 Å². The van der Waals surface area contributed by atoms with Crippen molar-refractivity contribution in [1.82, 2.24) is 35.1 Å². The fourth-order valence-electron chi connectivity index (χ4n) is 9.23. The number of carbonyl (C=O) groups is 2. The summed E-state index contributed by atoms with van der Waals surface area (Å²) in [5.74, 6) is 0.700. The van der Waals surface area contributed by atoms with Crippen LogP contribution in [0.15, 0.2) is 57.7 Å². The number of hydrogen-bond acceptors (Lipinski definition) is 17. The van der Waals surface area contributed by atoms with Gasteiger partial charge >= 0.3 is 5.97 Å². The molecule has 3 aliphatic rings. The summed E-state index contributed by atoms with van der Waals surface area (Å²) < 4.78 is 23.1. The lowest BCUT2D eigenvalue weighted by Crippen LogP contribution is -2.44. The van der Waals surface area contributed by atoms with Crippen molar-refractivity contribution in [2.45, 2.75) is 102 Å². The van der Waals surface area contributed by atoms with Crippen molar-refractivity contribution in [1.29, 1.82) is 5.26 Å². The van der Waals surface area contributed by atoms with E-state index in [0.717, 1.165) is 80.1 Å². The number of ether oxygens (including phenoxy) is 2. The Morgan fingerprint density at radius 1 is 1.10 bits per heavy atom. The maximum absolute atomic E-state index is 14.0. The molecule has 5 aromatic rings. The number of nitrogens with two attached hydrogens (primary N) is 1. The molecule has 0 bridgehead atoms. The smallest absolute Gasteiger partial charge is 0.329 e. The molecule has 2 fully saturated rings. The van der Waals surface area contributed by atoms with Gasteiger partial charge in [-0.3, -0.25) is 4.79 Å². The summed E-state index contributed by atoms with van der Waals surface area (Å²) in [5, 5.41) is 29.3. The van der Waals surface area contributed by atoms with Crippen LogP contribution >= 0.6 is 11.3 Å². The van der Waals surface area contributed by atoms with E-state index in [1.165, 1.54) is 16.2 Å². The van der Waals surface area contributed by atoms with Gasteiger partial charge in [0, 0.05) is 61.3 Å². The highest BCUT2D eigenvalue weighted by molar-refractivity contribution is 7.16. The molecular weight excluding hydrogens is 825 g/mol. The molecule has 0 spiro atoms. The molecule has 5 atom stereocenters. The Kier molecular flexibility index (Phi) is 13.1. The fraction of sp³-hybridized carbons (Fsp3) is 0.511. The number of esters is 1. The van der Waals surface area contributed by atoms with E-state index >= 15 is 0 Å². The Bertz CT molecular complexity index is 2430.